The molecule has 13 nitrogen and oxygen atoms in total. The largest absolute Gasteiger partial charge is 0.467 e. The van der Waals surface area contributed by atoms with Crippen molar-refractivity contribution in [2.75, 3.05) is 7.11 Å². The first-order valence-corrected chi connectivity index (χ1v) is 23.4. The molecule has 2 aromatic rings. The molecule has 0 fully saturated rings. The van der Waals surface area contributed by atoms with E-state index in [0.29, 0.717) is 24.0 Å². The van der Waals surface area contributed by atoms with Gasteiger partial charge in [-0.2, -0.15) is 0 Å². The summed E-state index contributed by atoms with van der Waals surface area (Å²) in [7, 11) is 1.17. The average molecular weight is 916 g/mol. The normalized spacial score (nSPS) is 25.7. The molecule has 0 aromatic heterocycles. The molecular formula is C54H69N5O8. The van der Waals surface area contributed by atoms with E-state index >= 15 is 19.2 Å². The van der Waals surface area contributed by atoms with E-state index in [9.17, 15) is 9.59 Å². The number of hydrogen-bond donors (Lipinski definition) is 5. The smallest absolute Gasteiger partial charge is 0.408 e. The topological polar surface area (TPSA) is 181 Å². The Balaban J connectivity index is 1.41. The maximum atomic E-state index is 15.7. The summed E-state index contributed by atoms with van der Waals surface area (Å²) in [5.74, 6) is -3.49. The van der Waals surface area contributed by atoms with Crippen molar-refractivity contribution < 1.29 is 38.2 Å². The molecule has 0 spiro atoms. The van der Waals surface area contributed by atoms with E-state index in [0.717, 1.165) is 11.1 Å². The molecule has 6 rings (SSSR count). The number of carbonyl (C=O) groups excluding carboxylic acids is 6. The summed E-state index contributed by atoms with van der Waals surface area (Å²) in [4.78, 5) is 90.0. The van der Waals surface area contributed by atoms with Crippen molar-refractivity contribution in [1.29, 1.82) is 0 Å². The molecule has 67 heavy (non-hydrogen) atoms. The number of methoxy groups -OCH3 is 1. The number of alkyl carbamates (subject to hydrolysis) is 1. The maximum absolute atomic E-state index is 15.7. The van der Waals surface area contributed by atoms with Crippen molar-refractivity contribution in [3.8, 4) is 0 Å². The summed E-state index contributed by atoms with van der Waals surface area (Å²) >= 11 is 0. The van der Waals surface area contributed by atoms with Gasteiger partial charge in [-0.15, -0.1) is 0 Å². The third-order valence-corrected chi connectivity index (χ3v) is 13.3. The predicted molar refractivity (Wildman–Crippen MR) is 258 cm³/mol. The Labute approximate surface area is 395 Å². The zero-order chi connectivity index (χ0) is 49.3. The zero-order valence-corrected chi connectivity index (χ0v) is 41.2. The van der Waals surface area contributed by atoms with E-state index in [1.807, 2.05) is 84.0 Å². The van der Waals surface area contributed by atoms with Crippen molar-refractivity contribution in [1.82, 2.24) is 26.6 Å². The van der Waals surface area contributed by atoms with Crippen LogP contribution in [0.15, 0.2) is 119 Å². The number of rotatable bonds is 17. The third kappa shape index (κ3) is 9.13. The molecule has 5 atom stereocenters. The van der Waals surface area contributed by atoms with Gasteiger partial charge in [-0.3, -0.25) is 19.2 Å². The van der Waals surface area contributed by atoms with Crippen LogP contribution in [0.5, 0.6) is 0 Å². The fourth-order valence-corrected chi connectivity index (χ4v) is 10.2. The minimum atomic E-state index is -2.11. The van der Waals surface area contributed by atoms with Gasteiger partial charge in [-0.05, 0) is 82.8 Å². The van der Waals surface area contributed by atoms with Gasteiger partial charge in [0.1, 0.15) is 27.8 Å². The van der Waals surface area contributed by atoms with E-state index in [4.69, 9.17) is 9.47 Å². The number of ketones is 4. The lowest BCUT2D eigenvalue weighted by atomic mass is 9.66. The lowest BCUT2D eigenvalue weighted by Crippen LogP contribution is -2.62. The van der Waals surface area contributed by atoms with Gasteiger partial charge in [0.15, 0.2) is 28.7 Å². The SMILES string of the molecule is COC(=O)[C@@](Cc1ccccc1)(NC(=O)OC(C)(C)C)C1=CN[C@@](C2=CN[C@@](CC(C)C)(C3=CN[C@](CC(C)C)(C4=CN[C@](CC=C(C)C)(Cc5ccccc5)C4=O)C3=O)C2=O)(C(C)C)C1=O. The molecule has 13 heteroatoms. The molecule has 4 heterocycles. The Bertz CT molecular complexity index is 2460. The van der Waals surface area contributed by atoms with Crippen LogP contribution in [-0.2, 0) is 46.3 Å². The van der Waals surface area contributed by atoms with Crippen molar-refractivity contribution >= 4 is 35.2 Å². The van der Waals surface area contributed by atoms with Crippen LogP contribution < -0.4 is 26.6 Å². The first kappa shape index (κ1) is 50.2. The van der Waals surface area contributed by atoms with Gasteiger partial charge in [-0.1, -0.05) is 114 Å². The Hall–Kier alpha value is -6.24. The van der Waals surface area contributed by atoms with Gasteiger partial charge in [0.05, 0.1) is 12.7 Å². The number of nitrogens with one attached hydrogen (secondary N) is 5. The highest BCUT2D eigenvalue weighted by Gasteiger charge is 2.65. The Morgan fingerprint density at radius 3 is 1.69 bits per heavy atom. The minimum Gasteiger partial charge on any atom is -0.467 e. The average Bonchev–Trinajstić information content (AvgIpc) is 3.97. The summed E-state index contributed by atoms with van der Waals surface area (Å²) in [6, 6.07) is 18.7. The molecule has 4 aliphatic rings. The molecule has 4 aliphatic heterocycles. The van der Waals surface area contributed by atoms with Crippen molar-refractivity contribution in [2.24, 2.45) is 17.8 Å². The lowest BCUT2D eigenvalue weighted by Gasteiger charge is -2.39. The molecule has 0 saturated carbocycles. The maximum Gasteiger partial charge on any atom is 0.408 e. The molecule has 1 amide bonds. The van der Waals surface area contributed by atoms with Crippen LogP contribution in [0, 0.1) is 17.8 Å². The summed E-state index contributed by atoms with van der Waals surface area (Å²) in [6.45, 7) is 20.5. The monoisotopic (exact) mass is 916 g/mol. The number of benzene rings is 2. The van der Waals surface area contributed by atoms with E-state index in [1.54, 1.807) is 71.3 Å². The molecule has 0 bridgehead atoms. The standard InChI is InChI=1S/C54H69N5O8/c1-33(2)23-24-50(27-37-19-15-13-16-20-37)43(60)39(29-55-50)51(25-34(3)4)44(61)40(30-56-51)52(26-35(5)6)45(62)42(32-57-52)54(36(7)8)46(63)41(31-58-54)53(47(64)66-12,28-38-21-17-14-18-22-38)59-48(65)67-49(9,10)11/h13-23,29-32,34-36,55-58H,24-28H2,1-12H3,(H,59,65)/t50-,51-,52+,53+,54-/m1/s1. The highest BCUT2D eigenvalue weighted by atomic mass is 16.6. The van der Waals surface area contributed by atoms with Crippen LogP contribution in [0.25, 0.3) is 0 Å². The number of ether oxygens (including phenoxy) is 2. The van der Waals surface area contributed by atoms with Crippen LogP contribution in [0.1, 0.15) is 107 Å². The predicted octanol–water partition coefficient (Wildman–Crippen LogP) is 7.19. The highest BCUT2D eigenvalue weighted by Crippen LogP contribution is 2.48. The number of carbonyl (C=O) groups is 6. The van der Waals surface area contributed by atoms with Gasteiger partial charge < -0.3 is 36.1 Å². The molecule has 0 saturated heterocycles. The molecule has 358 valence electrons. The molecule has 0 radical (unpaired) electrons. The molecule has 5 N–H and O–H groups in total. The number of hydrogen-bond acceptors (Lipinski definition) is 12. The van der Waals surface area contributed by atoms with Crippen LogP contribution in [0.3, 0.4) is 0 Å². The fraction of sp³-hybridized carbons (Fsp3) is 0.481. The third-order valence-electron chi connectivity index (χ3n) is 13.3. The summed E-state index contributed by atoms with van der Waals surface area (Å²) in [5.41, 5.74) is -6.08. The van der Waals surface area contributed by atoms with Crippen molar-refractivity contribution in [2.45, 2.75) is 142 Å². The first-order chi connectivity index (χ1) is 31.4. The van der Waals surface area contributed by atoms with Crippen LogP contribution in [0.2, 0.25) is 0 Å². The number of Topliss-reactive ketones (excluding diaryl/α,β-unsaturated/α-hetero) is 4. The summed E-state index contributed by atoms with van der Waals surface area (Å²) < 4.78 is 11.0. The zero-order valence-electron chi connectivity index (χ0n) is 41.2. The van der Waals surface area contributed by atoms with Gasteiger partial charge in [0.25, 0.3) is 0 Å². The van der Waals surface area contributed by atoms with Crippen LogP contribution >= 0.6 is 0 Å². The van der Waals surface area contributed by atoms with Gasteiger partial charge >= 0.3 is 12.1 Å². The molecule has 2 aromatic carbocycles. The van der Waals surface area contributed by atoms with E-state index in [1.165, 1.54) is 19.5 Å². The summed E-state index contributed by atoms with van der Waals surface area (Å²) in [6.07, 6.45) is 8.25. The molecular weight excluding hydrogens is 847 g/mol. The Kier molecular flexibility index (Phi) is 14.1. The first-order valence-electron chi connectivity index (χ1n) is 23.4. The van der Waals surface area contributed by atoms with Gasteiger partial charge in [0.2, 0.25) is 0 Å². The van der Waals surface area contributed by atoms with E-state index < -0.39 is 68.6 Å². The minimum absolute atomic E-state index is 0.0478. The van der Waals surface area contributed by atoms with Gasteiger partial charge in [0, 0.05) is 54.4 Å². The second-order valence-corrected chi connectivity index (χ2v) is 21.0. The second-order valence-electron chi connectivity index (χ2n) is 21.0. The number of esters is 1. The van der Waals surface area contributed by atoms with Crippen molar-refractivity contribution in [3.63, 3.8) is 0 Å². The van der Waals surface area contributed by atoms with Gasteiger partial charge in [-0.25, -0.2) is 9.59 Å². The Morgan fingerprint density at radius 2 is 1.18 bits per heavy atom. The summed E-state index contributed by atoms with van der Waals surface area (Å²) in [5, 5.41) is 16.2. The number of allylic oxidation sites excluding steroid dienone is 1. The highest BCUT2D eigenvalue weighted by molar-refractivity contribution is 6.26. The van der Waals surface area contributed by atoms with Crippen molar-refractivity contribution in [3.05, 3.63) is 131 Å². The van der Waals surface area contributed by atoms with E-state index in [2.05, 4.69) is 26.6 Å². The Morgan fingerprint density at radius 1 is 0.672 bits per heavy atom. The molecule has 0 unspecified atom stereocenters. The van der Waals surface area contributed by atoms with Crippen LogP contribution in [-0.4, -0.2) is 75.6 Å². The van der Waals surface area contributed by atoms with Crippen LogP contribution in [0.4, 0.5) is 4.79 Å². The fourth-order valence-electron chi connectivity index (χ4n) is 10.2. The second kappa shape index (κ2) is 18.8. The quantitative estimate of drug-likeness (QED) is 0.0798. The van der Waals surface area contributed by atoms with E-state index in [-0.39, 0.29) is 53.6 Å². The molecule has 0 aliphatic carbocycles. The number of amides is 1. The lowest BCUT2D eigenvalue weighted by molar-refractivity contribution is -0.148.